The van der Waals surface area contributed by atoms with Gasteiger partial charge in [0.1, 0.15) is 11.9 Å². The average molecular weight is 540 g/mol. The number of anilines is 1. The molecule has 2 rings (SSSR count). The first kappa shape index (κ1) is 29.6. The summed E-state index contributed by atoms with van der Waals surface area (Å²) in [7, 11) is -3.64. The van der Waals surface area contributed by atoms with Crippen LogP contribution >= 0.6 is 11.6 Å². The van der Waals surface area contributed by atoms with Gasteiger partial charge in [0.15, 0.2) is 0 Å². The summed E-state index contributed by atoms with van der Waals surface area (Å²) in [4.78, 5) is 27.8. The van der Waals surface area contributed by atoms with Gasteiger partial charge in [0.25, 0.3) is 0 Å². The normalized spacial score (nSPS) is 12.1. The molecule has 1 unspecified atom stereocenters. The molecule has 0 heterocycles. The SMILES string of the molecule is CCCCNC(=O)C(CC)N(Cc1ccc(Cl)cc1)C(=O)CCCN(c1ccc(F)cc1)S(C)(=O)=O. The summed E-state index contributed by atoms with van der Waals surface area (Å²) in [6.07, 6.45) is 3.56. The van der Waals surface area contributed by atoms with E-state index in [1.807, 2.05) is 26.0 Å². The molecule has 0 aliphatic heterocycles. The number of hydrogen-bond donors (Lipinski definition) is 1. The predicted molar refractivity (Wildman–Crippen MR) is 142 cm³/mol. The van der Waals surface area contributed by atoms with E-state index >= 15 is 0 Å². The molecule has 0 radical (unpaired) electrons. The summed E-state index contributed by atoms with van der Waals surface area (Å²) >= 11 is 6.00. The molecule has 0 spiro atoms. The smallest absolute Gasteiger partial charge is 0.242 e. The van der Waals surface area contributed by atoms with Crippen LogP contribution in [0.3, 0.4) is 0 Å². The van der Waals surface area contributed by atoms with E-state index in [0.29, 0.717) is 23.7 Å². The first-order chi connectivity index (χ1) is 17.1. The lowest BCUT2D eigenvalue weighted by Gasteiger charge is -2.31. The number of carbonyl (C=O) groups excluding carboxylic acids is 2. The van der Waals surface area contributed by atoms with Crippen molar-refractivity contribution in [3.8, 4) is 0 Å². The maximum Gasteiger partial charge on any atom is 0.242 e. The fraction of sp³-hybridized carbons (Fsp3) is 0.462. The van der Waals surface area contributed by atoms with Crippen LogP contribution in [0.5, 0.6) is 0 Å². The minimum absolute atomic E-state index is 0.0412. The number of carbonyl (C=O) groups is 2. The third-order valence-electron chi connectivity index (χ3n) is 5.75. The number of sulfonamides is 1. The van der Waals surface area contributed by atoms with Gasteiger partial charge in [-0.1, -0.05) is 44.0 Å². The van der Waals surface area contributed by atoms with Crippen LogP contribution in [0.15, 0.2) is 48.5 Å². The first-order valence-electron chi connectivity index (χ1n) is 12.1. The minimum atomic E-state index is -3.64. The quantitative estimate of drug-likeness (QED) is 0.351. The third-order valence-corrected chi connectivity index (χ3v) is 7.19. The Morgan fingerprint density at radius 3 is 2.22 bits per heavy atom. The summed E-state index contributed by atoms with van der Waals surface area (Å²) in [5.74, 6) is -0.935. The number of rotatable bonds is 14. The Hall–Kier alpha value is -2.65. The van der Waals surface area contributed by atoms with Gasteiger partial charge in [-0.3, -0.25) is 13.9 Å². The van der Waals surface area contributed by atoms with Crippen LogP contribution in [0.1, 0.15) is 51.5 Å². The number of benzene rings is 2. The molecule has 0 aromatic heterocycles. The summed E-state index contributed by atoms with van der Waals surface area (Å²) in [6.45, 7) is 4.70. The Balaban J connectivity index is 2.18. The standard InChI is InChI=1S/C26H35ClFN3O4S/c1-4-6-17-29-26(33)24(5-2)30(19-20-9-11-21(27)12-10-20)25(32)8-7-18-31(36(3,34)35)23-15-13-22(28)14-16-23/h9-16,24H,4-8,17-19H2,1-3H3,(H,29,33). The van der Waals surface area contributed by atoms with E-state index in [4.69, 9.17) is 11.6 Å². The molecule has 0 bridgehead atoms. The van der Waals surface area contributed by atoms with Crippen molar-refractivity contribution >= 4 is 39.1 Å². The summed E-state index contributed by atoms with van der Waals surface area (Å²) in [5.41, 5.74) is 1.16. The van der Waals surface area contributed by atoms with Crippen molar-refractivity contribution in [3.05, 3.63) is 64.9 Å². The van der Waals surface area contributed by atoms with Crippen LogP contribution < -0.4 is 9.62 Å². The van der Waals surface area contributed by atoms with Crippen LogP contribution in [-0.4, -0.2) is 50.5 Å². The fourth-order valence-electron chi connectivity index (χ4n) is 3.82. The summed E-state index contributed by atoms with van der Waals surface area (Å²) < 4.78 is 39.1. The Morgan fingerprint density at radius 2 is 1.67 bits per heavy atom. The Morgan fingerprint density at radius 1 is 1.03 bits per heavy atom. The average Bonchev–Trinajstić information content (AvgIpc) is 2.83. The van der Waals surface area contributed by atoms with E-state index in [9.17, 15) is 22.4 Å². The van der Waals surface area contributed by atoms with E-state index in [2.05, 4.69) is 5.32 Å². The molecule has 2 amide bonds. The molecular formula is C26H35ClFN3O4S. The Labute approximate surface area is 218 Å². The molecule has 36 heavy (non-hydrogen) atoms. The van der Waals surface area contributed by atoms with E-state index in [0.717, 1.165) is 29.0 Å². The molecule has 1 N–H and O–H groups in total. The number of nitrogens with one attached hydrogen (secondary N) is 1. The number of hydrogen-bond acceptors (Lipinski definition) is 4. The van der Waals surface area contributed by atoms with Gasteiger partial charge < -0.3 is 10.2 Å². The van der Waals surface area contributed by atoms with Crippen molar-refractivity contribution in [2.45, 2.75) is 58.5 Å². The van der Waals surface area contributed by atoms with Gasteiger partial charge >= 0.3 is 0 Å². The monoisotopic (exact) mass is 539 g/mol. The van der Waals surface area contributed by atoms with Gasteiger partial charge in [0, 0.05) is 31.1 Å². The van der Waals surface area contributed by atoms with E-state index in [-0.39, 0.29) is 37.7 Å². The maximum atomic E-state index is 13.4. The van der Waals surface area contributed by atoms with Crippen LogP contribution in [0.2, 0.25) is 5.02 Å². The van der Waals surface area contributed by atoms with Gasteiger partial charge in [-0.05, 0) is 61.2 Å². The van der Waals surface area contributed by atoms with Crippen molar-refractivity contribution in [1.82, 2.24) is 10.2 Å². The van der Waals surface area contributed by atoms with Crippen LogP contribution in [-0.2, 0) is 26.2 Å². The highest BCUT2D eigenvalue weighted by atomic mass is 35.5. The van der Waals surface area contributed by atoms with Gasteiger partial charge in [-0.15, -0.1) is 0 Å². The molecule has 2 aromatic carbocycles. The molecule has 0 saturated carbocycles. The highest BCUT2D eigenvalue weighted by Gasteiger charge is 2.28. The van der Waals surface area contributed by atoms with Crippen molar-refractivity contribution < 1.29 is 22.4 Å². The second-order valence-corrected chi connectivity index (χ2v) is 11.0. The Kier molecular flexibility index (Phi) is 11.7. The topological polar surface area (TPSA) is 86.8 Å². The zero-order valence-electron chi connectivity index (χ0n) is 21.0. The maximum absolute atomic E-state index is 13.4. The minimum Gasteiger partial charge on any atom is -0.354 e. The van der Waals surface area contributed by atoms with Crippen molar-refractivity contribution in [2.24, 2.45) is 0 Å². The fourth-order valence-corrected chi connectivity index (χ4v) is 4.91. The Bertz CT molecular complexity index is 1100. The second-order valence-electron chi connectivity index (χ2n) is 8.63. The summed E-state index contributed by atoms with van der Waals surface area (Å²) in [6, 6.07) is 11.6. The van der Waals surface area contributed by atoms with Crippen molar-refractivity contribution in [2.75, 3.05) is 23.7 Å². The highest BCUT2D eigenvalue weighted by molar-refractivity contribution is 7.92. The molecule has 198 valence electrons. The first-order valence-corrected chi connectivity index (χ1v) is 14.3. The highest BCUT2D eigenvalue weighted by Crippen LogP contribution is 2.20. The molecule has 10 heteroatoms. The zero-order chi connectivity index (χ0) is 26.7. The molecule has 0 saturated heterocycles. The van der Waals surface area contributed by atoms with E-state index in [1.165, 1.54) is 24.3 Å². The van der Waals surface area contributed by atoms with E-state index in [1.54, 1.807) is 17.0 Å². The van der Waals surface area contributed by atoms with Gasteiger partial charge in [-0.25, -0.2) is 12.8 Å². The van der Waals surface area contributed by atoms with Crippen molar-refractivity contribution in [1.29, 1.82) is 0 Å². The lowest BCUT2D eigenvalue weighted by molar-refractivity contribution is -0.141. The molecule has 0 aliphatic rings. The third kappa shape index (κ3) is 9.09. The van der Waals surface area contributed by atoms with E-state index < -0.39 is 21.9 Å². The molecule has 1 atom stereocenters. The zero-order valence-corrected chi connectivity index (χ0v) is 22.6. The van der Waals surface area contributed by atoms with Gasteiger partial charge in [0.2, 0.25) is 21.8 Å². The molecule has 0 aliphatic carbocycles. The number of halogens is 2. The lowest BCUT2D eigenvalue weighted by Crippen LogP contribution is -2.49. The van der Waals surface area contributed by atoms with Crippen LogP contribution in [0, 0.1) is 5.82 Å². The van der Waals surface area contributed by atoms with Crippen LogP contribution in [0.4, 0.5) is 10.1 Å². The largest absolute Gasteiger partial charge is 0.354 e. The number of amides is 2. The number of unbranched alkanes of at least 4 members (excludes halogenated alkanes) is 1. The number of nitrogens with zero attached hydrogens (tertiary/aromatic N) is 2. The molecule has 0 fully saturated rings. The predicted octanol–water partition coefficient (Wildman–Crippen LogP) is 4.75. The van der Waals surface area contributed by atoms with Crippen molar-refractivity contribution in [3.63, 3.8) is 0 Å². The van der Waals surface area contributed by atoms with Gasteiger partial charge in [0.05, 0.1) is 11.9 Å². The van der Waals surface area contributed by atoms with Gasteiger partial charge in [-0.2, -0.15) is 0 Å². The molecular weight excluding hydrogens is 505 g/mol. The lowest BCUT2D eigenvalue weighted by atomic mass is 10.1. The van der Waals surface area contributed by atoms with Crippen LogP contribution in [0.25, 0.3) is 0 Å². The summed E-state index contributed by atoms with van der Waals surface area (Å²) in [5, 5.41) is 3.48. The molecule has 7 nitrogen and oxygen atoms in total. The molecule has 2 aromatic rings. The second kappa shape index (κ2) is 14.2.